The number of aromatic nitrogens is 4. The molecule has 5 heterocycles. The zero-order valence-electron chi connectivity index (χ0n) is 22.5. The van der Waals surface area contributed by atoms with Gasteiger partial charge in [-0.05, 0) is 50.8 Å². The van der Waals surface area contributed by atoms with Gasteiger partial charge in [0.05, 0.1) is 23.2 Å². The largest absolute Gasteiger partial charge is 0.389 e. The van der Waals surface area contributed by atoms with Gasteiger partial charge in [-0.3, -0.25) is 9.59 Å². The smallest absolute Gasteiger partial charge is 0.270 e. The molecule has 39 heavy (non-hydrogen) atoms. The fraction of sp³-hybridized carbons (Fsp3) is 0.552. The number of hydrogen-bond acceptors (Lipinski definition) is 7. The van der Waals surface area contributed by atoms with Gasteiger partial charge in [-0.2, -0.15) is 4.98 Å². The van der Waals surface area contributed by atoms with Crippen LogP contribution in [0.2, 0.25) is 0 Å². The fourth-order valence-electron chi connectivity index (χ4n) is 7.46. The average Bonchev–Trinajstić information content (AvgIpc) is 3.19. The van der Waals surface area contributed by atoms with Crippen molar-refractivity contribution in [3.8, 4) is 0 Å². The normalized spacial score (nSPS) is 30.2. The minimum atomic E-state index is -0.677. The van der Waals surface area contributed by atoms with Crippen LogP contribution < -0.4 is 5.32 Å². The maximum absolute atomic E-state index is 13.2. The van der Waals surface area contributed by atoms with Gasteiger partial charge in [0.25, 0.3) is 11.8 Å². The molecular formula is C29H35N7O3. The van der Waals surface area contributed by atoms with E-state index in [1.54, 1.807) is 24.5 Å². The number of anilines is 2. The topological polar surface area (TPSA) is 116 Å². The molecule has 7 rings (SSSR count). The van der Waals surface area contributed by atoms with Crippen LogP contribution in [0.4, 0.5) is 11.8 Å². The molecule has 4 aliphatic rings. The third kappa shape index (κ3) is 3.91. The van der Waals surface area contributed by atoms with E-state index in [0.717, 1.165) is 49.6 Å². The molecule has 204 valence electrons. The molecule has 4 atom stereocenters. The second kappa shape index (κ2) is 9.01. The first-order chi connectivity index (χ1) is 18.8. The molecular weight excluding hydrogens is 494 g/mol. The summed E-state index contributed by atoms with van der Waals surface area (Å²) in [6.45, 7) is 3.07. The molecule has 2 saturated carbocycles. The summed E-state index contributed by atoms with van der Waals surface area (Å²) in [7, 11) is 1.92. The molecule has 2 N–H and O–H groups in total. The highest BCUT2D eigenvalue weighted by atomic mass is 16.3. The Labute approximate surface area is 227 Å². The predicted octanol–water partition coefficient (Wildman–Crippen LogP) is 3.76. The molecule has 0 spiro atoms. The average molecular weight is 530 g/mol. The van der Waals surface area contributed by atoms with E-state index in [1.165, 1.54) is 6.42 Å². The quantitative estimate of drug-likeness (QED) is 0.531. The van der Waals surface area contributed by atoms with E-state index in [4.69, 9.17) is 4.98 Å². The van der Waals surface area contributed by atoms with Crippen LogP contribution in [0, 0.1) is 11.8 Å². The van der Waals surface area contributed by atoms with Crippen LogP contribution in [0.3, 0.4) is 0 Å². The number of aliphatic hydroxyl groups is 1. The molecule has 2 bridgehead atoms. The number of amides is 2. The van der Waals surface area contributed by atoms with Crippen molar-refractivity contribution < 1.29 is 14.7 Å². The summed E-state index contributed by atoms with van der Waals surface area (Å²) < 4.78 is 2.14. The lowest BCUT2D eigenvalue weighted by atomic mass is 9.82. The van der Waals surface area contributed by atoms with E-state index >= 15 is 0 Å². The van der Waals surface area contributed by atoms with Gasteiger partial charge in [0.15, 0.2) is 0 Å². The second-order valence-corrected chi connectivity index (χ2v) is 12.0. The first kappa shape index (κ1) is 24.5. The van der Waals surface area contributed by atoms with E-state index in [1.807, 2.05) is 29.8 Å². The standard InChI is InChI=1S/C29H35N7O3/c1-29(39)19-9-10-20(29)16-35(15-19)26(37)17-8-11-24(30-13-17)32-28-31-14-18-12-23-27(38)34(2)21-6-4-3-5-7-22(21)36(23)25(18)33-28/h8,11-14,19-22,39H,3-7,9-10,15-16H2,1-2H3,(H,30,31,32,33). The highest BCUT2D eigenvalue weighted by molar-refractivity contribution is 5.99. The molecule has 3 fully saturated rings. The van der Waals surface area contributed by atoms with Crippen molar-refractivity contribution in [3.05, 3.63) is 41.9 Å². The number of rotatable bonds is 3. The minimum Gasteiger partial charge on any atom is -0.389 e. The van der Waals surface area contributed by atoms with Gasteiger partial charge in [-0.15, -0.1) is 0 Å². The Morgan fingerprint density at radius 3 is 2.49 bits per heavy atom. The van der Waals surface area contributed by atoms with Crippen molar-refractivity contribution >= 4 is 34.6 Å². The number of likely N-dealkylation sites (N-methyl/N-ethyl adjacent to an activating group) is 1. The first-order valence-electron chi connectivity index (χ1n) is 14.2. The van der Waals surface area contributed by atoms with E-state index in [2.05, 4.69) is 19.9 Å². The minimum absolute atomic E-state index is 0.0397. The monoisotopic (exact) mass is 529 g/mol. The number of nitrogens with zero attached hydrogens (tertiary/aromatic N) is 6. The third-order valence-corrected chi connectivity index (χ3v) is 9.82. The summed E-state index contributed by atoms with van der Waals surface area (Å²) in [5.74, 6) is 1.20. The molecule has 2 aliphatic carbocycles. The van der Waals surface area contributed by atoms with Crippen molar-refractivity contribution in [1.82, 2.24) is 29.3 Å². The Hall–Kier alpha value is -3.53. The van der Waals surface area contributed by atoms with Crippen molar-refractivity contribution in [3.63, 3.8) is 0 Å². The molecule has 10 nitrogen and oxygen atoms in total. The Bertz CT molecular complexity index is 1430. The summed E-state index contributed by atoms with van der Waals surface area (Å²) in [5, 5.41) is 14.8. The summed E-state index contributed by atoms with van der Waals surface area (Å²) in [6.07, 6.45) is 10.8. The van der Waals surface area contributed by atoms with Crippen LogP contribution >= 0.6 is 0 Å². The molecule has 10 heteroatoms. The van der Waals surface area contributed by atoms with Crippen LogP contribution in [0.15, 0.2) is 30.6 Å². The number of carbonyl (C=O) groups excluding carboxylic acids is 2. The van der Waals surface area contributed by atoms with Crippen LogP contribution in [0.5, 0.6) is 0 Å². The lowest BCUT2D eigenvalue weighted by Crippen LogP contribution is -2.53. The zero-order chi connectivity index (χ0) is 26.9. The summed E-state index contributed by atoms with van der Waals surface area (Å²) in [4.78, 5) is 43.9. The molecule has 0 aromatic carbocycles. The zero-order valence-corrected chi connectivity index (χ0v) is 22.5. The predicted molar refractivity (Wildman–Crippen MR) is 146 cm³/mol. The van der Waals surface area contributed by atoms with Gasteiger partial charge < -0.3 is 24.8 Å². The van der Waals surface area contributed by atoms with Crippen molar-refractivity contribution in [2.45, 2.75) is 69.6 Å². The van der Waals surface area contributed by atoms with Gasteiger partial charge in [-0.25, -0.2) is 9.97 Å². The Morgan fingerprint density at radius 2 is 1.77 bits per heavy atom. The first-order valence-corrected chi connectivity index (χ1v) is 14.2. The number of likely N-dealkylation sites (tertiary alicyclic amines) is 1. The van der Waals surface area contributed by atoms with E-state index in [-0.39, 0.29) is 35.7 Å². The number of nitrogens with one attached hydrogen (secondary N) is 1. The molecule has 4 unspecified atom stereocenters. The SMILES string of the molecule is CN1C(=O)c2cc3cnc(Nc4ccc(C(=O)N5CC6CCC(C5)C6(C)O)cn4)nc3n2C2CCCCCC21. The van der Waals surface area contributed by atoms with E-state index < -0.39 is 5.60 Å². The van der Waals surface area contributed by atoms with Gasteiger partial charge in [0.1, 0.15) is 17.2 Å². The number of hydrogen-bond donors (Lipinski definition) is 2. The summed E-state index contributed by atoms with van der Waals surface area (Å²) in [5.41, 5.74) is 1.29. The van der Waals surface area contributed by atoms with E-state index in [9.17, 15) is 14.7 Å². The molecule has 0 radical (unpaired) electrons. The Kier molecular flexibility index (Phi) is 5.66. The summed E-state index contributed by atoms with van der Waals surface area (Å²) in [6, 6.07) is 5.84. The number of carbonyl (C=O) groups is 2. The summed E-state index contributed by atoms with van der Waals surface area (Å²) >= 11 is 0. The Morgan fingerprint density at radius 1 is 1.03 bits per heavy atom. The molecule has 3 aromatic rings. The van der Waals surface area contributed by atoms with E-state index in [0.29, 0.717) is 36.1 Å². The number of pyridine rings is 1. The van der Waals surface area contributed by atoms with Crippen LogP contribution in [-0.2, 0) is 0 Å². The van der Waals surface area contributed by atoms with Gasteiger partial charge in [0, 0.05) is 49.8 Å². The van der Waals surface area contributed by atoms with Crippen LogP contribution in [-0.4, -0.2) is 78.0 Å². The highest BCUT2D eigenvalue weighted by Gasteiger charge is 2.50. The number of fused-ring (bicyclic) bond motifs is 7. The van der Waals surface area contributed by atoms with Crippen LogP contribution in [0.1, 0.15) is 78.8 Å². The van der Waals surface area contributed by atoms with Gasteiger partial charge >= 0.3 is 0 Å². The van der Waals surface area contributed by atoms with Crippen LogP contribution in [0.25, 0.3) is 11.0 Å². The fourth-order valence-corrected chi connectivity index (χ4v) is 7.46. The third-order valence-electron chi connectivity index (χ3n) is 9.82. The number of piperidine rings is 1. The molecule has 1 saturated heterocycles. The lowest BCUT2D eigenvalue weighted by Gasteiger charge is -2.42. The lowest BCUT2D eigenvalue weighted by molar-refractivity contribution is -0.0615. The molecule has 3 aromatic heterocycles. The van der Waals surface area contributed by atoms with Crippen molar-refractivity contribution in [2.75, 3.05) is 25.5 Å². The second-order valence-electron chi connectivity index (χ2n) is 12.0. The van der Waals surface area contributed by atoms with Gasteiger partial charge in [0.2, 0.25) is 5.95 Å². The van der Waals surface area contributed by atoms with Gasteiger partial charge in [-0.1, -0.05) is 19.3 Å². The molecule has 2 aliphatic heterocycles. The maximum Gasteiger partial charge on any atom is 0.270 e. The highest BCUT2D eigenvalue weighted by Crippen LogP contribution is 2.45. The maximum atomic E-state index is 13.2. The Balaban J connectivity index is 1.12. The molecule has 2 amide bonds. The van der Waals surface area contributed by atoms with Crippen molar-refractivity contribution in [2.24, 2.45) is 11.8 Å². The van der Waals surface area contributed by atoms with Crippen molar-refractivity contribution in [1.29, 1.82) is 0 Å².